The van der Waals surface area contributed by atoms with Crippen molar-refractivity contribution in [3.8, 4) is 11.5 Å². The number of carboxylic acids is 1. The number of amides is 1. The minimum atomic E-state index is -0.852. The Labute approximate surface area is 193 Å². The Bertz CT molecular complexity index is 959. The second-order valence-electron chi connectivity index (χ2n) is 8.21. The molecular weight excluding hydrogens is 425 g/mol. The van der Waals surface area contributed by atoms with Gasteiger partial charge in [-0.25, -0.2) is 4.39 Å². The van der Waals surface area contributed by atoms with E-state index in [0.717, 1.165) is 25.7 Å². The summed E-state index contributed by atoms with van der Waals surface area (Å²) < 4.78 is 18.8. The molecule has 33 heavy (non-hydrogen) atoms. The zero-order valence-corrected chi connectivity index (χ0v) is 18.5. The molecule has 0 spiro atoms. The van der Waals surface area contributed by atoms with Crippen molar-refractivity contribution in [1.82, 2.24) is 4.90 Å². The number of rotatable bonds is 12. The van der Waals surface area contributed by atoms with Crippen LogP contribution in [0.3, 0.4) is 0 Å². The molecule has 1 unspecified atom stereocenters. The Morgan fingerprint density at radius 2 is 1.88 bits per heavy atom. The molecule has 1 amide bonds. The molecule has 0 aliphatic carbocycles. The van der Waals surface area contributed by atoms with Crippen molar-refractivity contribution >= 4 is 11.9 Å². The number of carboxylic acid groups (broad SMARTS) is 1. The predicted octanol–water partition coefficient (Wildman–Crippen LogP) is 5.23. The van der Waals surface area contributed by atoms with Gasteiger partial charge in [0, 0.05) is 19.4 Å². The monoisotopic (exact) mass is 455 g/mol. The standard InChI is InChI=1S/C26H30FNO5/c27-20-9-13-22(14-10-20)33-23-7-5-6-19(18-23)24(29)15-11-21-12-16-25(30)28(21)17-4-2-1-3-8-26(31)32/h5-7,9-11,13-15,18,21,24,29H,1-4,8,12,16-17H2,(H,31,32)/t21?,24-/m1/s1. The average Bonchev–Trinajstić information content (AvgIpc) is 3.15. The molecule has 3 rings (SSSR count). The Kier molecular flexibility index (Phi) is 9.01. The fraction of sp³-hybridized carbons (Fsp3) is 0.385. The van der Waals surface area contributed by atoms with Crippen molar-refractivity contribution in [2.45, 2.75) is 57.1 Å². The van der Waals surface area contributed by atoms with Crippen LogP contribution in [0.15, 0.2) is 60.7 Å². The number of likely N-dealkylation sites (tertiary alicyclic amines) is 1. The molecule has 176 valence electrons. The third-order valence-electron chi connectivity index (χ3n) is 5.68. The van der Waals surface area contributed by atoms with Gasteiger partial charge in [0.25, 0.3) is 0 Å². The van der Waals surface area contributed by atoms with Gasteiger partial charge in [-0.15, -0.1) is 0 Å². The quantitative estimate of drug-likeness (QED) is 0.338. The molecule has 0 saturated carbocycles. The summed E-state index contributed by atoms with van der Waals surface area (Å²) in [5.41, 5.74) is 0.653. The molecule has 2 N–H and O–H groups in total. The van der Waals surface area contributed by atoms with E-state index >= 15 is 0 Å². The van der Waals surface area contributed by atoms with Crippen molar-refractivity contribution in [2.75, 3.05) is 6.54 Å². The first-order chi connectivity index (χ1) is 15.9. The summed E-state index contributed by atoms with van der Waals surface area (Å²) in [7, 11) is 0. The first kappa shape index (κ1) is 24.5. The fourth-order valence-corrected chi connectivity index (χ4v) is 3.90. The van der Waals surface area contributed by atoms with Gasteiger partial charge in [0.05, 0.1) is 12.1 Å². The fourth-order valence-electron chi connectivity index (χ4n) is 3.90. The van der Waals surface area contributed by atoms with Crippen LogP contribution in [-0.2, 0) is 9.59 Å². The highest BCUT2D eigenvalue weighted by Gasteiger charge is 2.28. The molecule has 2 atom stereocenters. The zero-order valence-electron chi connectivity index (χ0n) is 18.5. The van der Waals surface area contributed by atoms with Crippen LogP contribution in [0, 0.1) is 5.82 Å². The van der Waals surface area contributed by atoms with Crippen LogP contribution in [0.2, 0.25) is 0 Å². The molecule has 0 radical (unpaired) electrons. The van der Waals surface area contributed by atoms with Crippen molar-refractivity contribution in [3.05, 3.63) is 72.1 Å². The van der Waals surface area contributed by atoms with Crippen molar-refractivity contribution in [2.24, 2.45) is 0 Å². The molecule has 6 nitrogen and oxygen atoms in total. The van der Waals surface area contributed by atoms with Crippen LogP contribution < -0.4 is 4.74 Å². The predicted molar refractivity (Wildman–Crippen MR) is 122 cm³/mol. The summed E-state index contributed by atoms with van der Waals surface area (Å²) in [6.07, 6.45) is 7.33. The van der Waals surface area contributed by atoms with E-state index in [1.54, 1.807) is 30.3 Å². The van der Waals surface area contributed by atoms with Crippen LogP contribution in [0.25, 0.3) is 0 Å². The molecule has 1 aliphatic rings. The van der Waals surface area contributed by atoms with Gasteiger partial charge in [-0.05, 0) is 61.2 Å². The first-order valence-electron chi connectivity index (χ1n) is 11.3. The van der Waals surface area contributed by atoms with Crippen LogP contribution >= 0.6 is 0 Å². The number of benzene rings is 2. The summed E-state index contributed by atoms with van der Waals surface area (Å²) in [6.45, 7) is 0.637. The topological polar surface area (TPSA) is 87.1 Å². The van der Waals surface area contributed by atoms with Crippen LogP contribution in [0.1, 0.15) is 56.6 Å². The number of ether oxygens (including phenoxy) is 1. The SMILES string of the molecule is O=C(O)CCCCCCN1C(=O)CCC1C=C[C@@H](O)c1cccc(Oc2ccc(F)cc2)c1. The number of hydrogen-bond acceptors (Lipinski definition) is 4. The molecule has 1 fully saturated rings. The summed E-state index contributed by atoms with van der Waals surface area (Å²) in [4.78, 5) is 24.7. The Balaban J connectivity index is 1.53. The highest BCUT2D eigenvalue weighted by Crippen LogP contribution is 2.27. The normalized spacial score (nSPS) is 17.0. The van der Waals surface area contributed by atoms with E-state index < -0.39 is 12.1 Å². The van der Waals surface area contributed by atoms with Gasteiger partial charge in [-0.2, -0.15) is 0 Å². The second-order valence-corrected chi connectivity index (χ2v) is 8.21. The number of aliphatic hydroxyl groups excluding tert-OH is 1. The lowest BCUT2D eigenvalue weighted by Crippen LogP contribution is -2.32. The number of carbonyl (C=O) groups is 2. The smallest absolute Gasteiger partial charge is 0.303 e. The van der Waals surface area contributed by atoms with E-state index in [0.29, 0.717) is 36.4 Å². The lowest BCUT2D eigenvalue weighted by atomic mass is 10.1. The molecule has 0 bridgehead atoms. The summed E-state index contributed by atoms with van der Waals surface area (Å²) in [6, 6.07) is 12.7. The molecule has 0 aromatic heterocycles. The van der Waals surface area contributed by atoms with Crippen molar-refractivity contribution < 1.29 is 28.9 Å². The van der Waals surface area contributed by atoms with Crippen LogP contribution in [0.5, 0.6) is 11.5 Å². The van der Waals surface area contributed by atoms with Gasteiger partial charge in [-0.3, -0.25) is 9.59 Å². The van der Waals surface area contributed by atoms with Gasteiger partial charge >= 0.3 is 5.97 Å². The van der Waals surface area contributed by atoms with E-state index in [2.05, 4.69) is 0 Å². The lowest BCUT2D eigenvalue weighted by Gasteiger charge is -2.22. The zero-order chi connectivity index (χ0) is 23.6. The molecule has 2 aromatic carbocycles. The van der Waals surface area contributed by atoms with Crippen LogP contribution in [-0.4, -0.2) is 39.6 Å². The van der Waals surface area contributed by atoms with E-state index in [-0.39, 0.29) is 24.2 Å². The van der Waals surface area contributed by atoms with Gasteiger partial charge in [0.15, 0.2) is 0 Å². The maximum absolute atomic E-state index is 13.1. The lowest BCUT2D eigenvalue weighted by molar-refractivity contribution is -0.137. The molecule has 1 aliphatic heterocycles. The number of nitrogens with zero attached hydrogens (tertiary/aromatic N) is 1. The number of carbonyl (C=O) groups excluding carboxylic acids is 1. The molecule has 7 heteroatoms. The third kappa shape index (κ3) is 7.71. The van der Waals surface area contributed by atoms with Gasteiger partial charge in [0.1, 0.15) is 17.3 Å². The maximum Gasteiger partial charge on any atom is 0.303 e. The molecule has 1 heterocycles. The van der Waals surface area contributed by atoms with Crippen molar-refractivity contribution in [1.29, 1.82) is 0 Å². The van der Waals surface area contributed by atoms with E-state index in [9.17, 15) is 19.1 Å². The van der Waals surface area contributed by atoms with E-state index in [4.69, 9.17) is 9.84 Å². The molecule has 1 saturated heterocycles. The van der Waals surface area contributed by atoms with Gasteiger partial charge in [0.2, 0.25) is 5.91 Å². The number of hydrogen-bond donors (Lipinski definition) is 2. The maximum atomic E-state index is 13.1. The average molecular weight is 456 g/mol. The minimum absolute atomic E-state index is 0.0511. The van der Waals surface area contributed by atoms with Crippen LogP contribution in [0.4, 0.5) is 4.39 Å². The minimum Gasteiger partial charge on any atom is -0.481 e. The number of halogens is 1. The summed E-state index contributed by atoms with van der Waals surface area (Å²) in [5, 5.41) is 19.3. The Hall–Kier alpha value is -3.19. The first-order valence-corrected chi connectivity index (χ1v) is 11.3. The Morgan fingerprint density at radius 3 is 2.64 bits per heavy atom. The number of aliphatic carboxylic acids is 1. The number of aliphatic hydroxyl groups is 1. The Morgan fingerprint density at radius 1 is 1.12 bits per heavy atom. The summed E-state index contributed by atoms with van der Waals surface area (Å²) in [5.74, 6) is 0.0310. The molecule has 2 aromatic rings. The summed E-state index contributed by atoms with van der Waals surface area (Å²) >= 11 is 0. The van der Waals surface area contributed by atoms with Gasteiger partial charge < -0.3 is 19.8 Å². The van der Waals surface area contributed by atoms with Gasteiger partial charge in [-0.1, -0.05) is 37.1 Å². The third-order valence-corrected chi connectivity index (χ3v) is 5.68. The number of unbranched alkanes of at least 4 members (excludes halogenated alkanes) is 3. The highest BCUT2D eigenvalue weighted by atomic mass is 19.1. The molecular formula is C26H30FNO5. The van der Waals surface area contributed by atoms with E-state index in [1.165, 1.54) is 24.3 Å². The van der Waals surface area contributed by atoms with Crippen molar-refractivity contribution in [3.63, 3.8) is 0 Å². The largest absolute Gasteiger partial charge is 0.481 e. The van der Waals surface area contributed by atoms with E-state index in [1.807, 2.05) is 11.0 Å². The second kappa shape index (κ2) is 12.2. The highest BCUT2D eigenvalue weighted by molar-refractivity contribution is 5.79.